The van der Waals surface area contributed by atoms with E-state index in [1.54, 1.807) is 0 Å². The van der Waals surface area contributed by atoms with E-state index in [4.69, 9.17) is 23.8 Å². The Morgan fingerprint density at radius 3 is 1.52 bits per heavy atom. The van der Waals surface area contributed by atoms with Crippen LogP contribution in [0.2, 0.25) is 0 Å². The van der Waals surface area contributed by atoms with Crippen LogP contribution in [0.4, 0.5) is 0 Å². The summed E-state index contributed by atoms with van der Waals surface area (Å²) in [6.07, 6.45) is 0. The second-order valence-corrected chi connectivity index (χ2v) is 14.8. The Hall–Kier alpha value is -8.03. The molecule has 5 heterocycles. The molecule has 0 aliphatic heterocycles. The monoisotopic (exact) mass is 743 g/mol. The third-order valence-electron chi connectivity index (χ3n) is 11.6. The molecule has 0 fully saturated rings. The number of para-hydroxylation sites is 7. The normalized spacial score (nSPS) is 12.1. The van der Waals surface area contributed by atoms with Gasteiger partial charge in [-0.3, -0.25) is 4.57 Å². The Kier molecular flexibility index (Phi) is 6.32. The fourth-order valence-electron chi connectivity index (χ4n) is 9.06. The average Bonchev–Trinajstić information content (AvgIpc) is 4.04. The lowest BCUT2D eigenvalue weighted by atomic mass is 10.1. The van der Waals surface area contributed by atoms with E-state index in [1.165, 1.54) is 10.8 Å². The summed E-state index contributed by atoms with van der Waals surface area (Å²) in [6, 6.07) is 60.8. The van der Waals surface area contributed by atoms with E-state index in [9.17, 15) is 0 Å². The zero-order chi connectivity index (χ0) is 37.9. The summed E-state index contributed by atoms with van der Waals surface area (Å²) >= 11 is 0. The van der Waals surface area contributed by atoms with Crippen molar-refractivity contribution >= 4 is 87.5 Å². The molecule has 13 rings (SSSR count). The van der Waals surface area contributed by atoms with Crippen LogP contribution < -0.4 is 0 Å². The van der Waals surface area contributed by atoms with Gasteiger partial charge in [0.15, 0.2) is 17.2 Å². The van der Waals surface area contributed by atoms with Crippen LogP contribution in [0.1, 0.15) is 0 Å². The molecule has 270 valence electrons. The average molecular weight is 744 g/mol. The Balaban J connectivity index is 1.06. The summed E-state index contributed by atoms with van der Waals surface area (Å²) in [4.78, 5) is 15.7. The highest BCUT2D eigenvalue weighted by Crippen LogP contribution is 2.40. The first-order chi connectivity index (χ1) is 28.8. The Morgan fingerprint density at radius 2 is 0.845 bits per heavy atom. The summed E-state index contributed by atoms with van der Waals surface area (Å²) in [5.74, 6) is 1.56. The first-order valence-corrected chi connectivity index (χ1v) is 19.4. The maximum absolute atomic E-state index is 6.88. The third-order valence-corrected chi connectivity index (χ3v) is 11.6. The van der Waals surface area contributed by atoms with Crippen LogP contribution in [0, 0.1) is 0 Å². The van der Waals surface area contributed by atoms with E-state index < -0.39 is 0 Å². The number of hydrogen-bond donors (Lipinski definition) is 0. The van der Waals surface area contributed by atoms with Crippen LogP contribution in [-0.4, -0.2) is 24.1 Å². The molecule has 0 aliphatic rings. The number of rotatable bonds is 4. The lowest BCUT2D eigenvalue weighted by molar-refractivity contribution is 0.666. The van der Waals surface area contributed by atoms with E-state index in [-0.39, 0.29) is 0 Å². The maximum atomic E-state index is 6.88. The number of fused-ring (bicyclic) bond motifs is 12. The third kappa shape index (κ3) is 4.35. The van der Waals surface area contributed by atoms with E-state index in [1.807, 2.05) is 30.3 Å². The number of furan rings is 2. The van der Waals surface area contributed by atoms with Gasteiger partial charge in [0.2, 0.25) is 5.95 Å². The van der Waals surface area contributed by atoms with Gasteiger partial charge in [0.25, 0.3) is 0 Å². The van der Waals surface area contributed by atoms with Gasteiger partial charge in [0, 0.05) is 48.7 Å². The Bertz CT molecular complexity index is 3720. The molecule has 13 aromatic rings. The lowest BCUT2D eigenvalue weighted by Gasteiger charge is -2.11. The highest BCUT2D eigenvalue weighted by atomic mass is 16.3. The minimum atomic E-state index is 0.517. The van der Waals surface area contributed by atoms with Crippen LogP contribution >= 0.6 is 0 Å². The summed E-state index contributed by atoms with van der Waals surface area (Å²) in [5.41, 5.74) is 10.0. The predicted molar refractivity (Wildman–Crippen MR) is 234 cm³/mol. The van der Waals surface area contributed by atoms with Crippen LogP contribution in [0.5, 0.6) is 0 Å². The van der Waals surface area contributed by atoms with Gasteiger partial charge < -0.3 is 13.4 Å². The van der Waals surface area contributed by atoms with Crippen LogP contribution in [0.15, 0.2) is 185 Å². The van der Waals surface area contributed by atoms with E-state index in [0.29, 0.717) is 17.6 Å². The van der Waals surface area contributed by atoms with Gasteiger partial charge in [-0.2, -0.15) is 9.97 Å². The minimum Gasteiger partial charge on any atom is -0.455 e. The molecule has 0 amide bonds. The van der Waals surface area contributed by atoms with Crippen molar-refractivity contribution < 1.29 is 8.83 Å². The first kappa shape index (κ1) is 31.2. The molecule has 0 saturated carbocycles. The molecule has 0 spiro atoms. The number of benzene rings is 8. The van der Waals surface area contributed by atoms with Gasteiger partial charge in [-0.05, 0) is 54.6 Å². The number of aromatic nitrogens is 5. The van der Waals surface area contributed by atoms with Gasteiger partial charge in [-0.15, -0.1) is 0 Å². The predicted octanol–water partition coefficient (Wildman–Crippen LogP) is 13.2. The zero-order valence-corrected chi connectivity index (χ0v) is 30.8. The molecule has 5 aromatic heterocycles. The molecule has 0 N–H and O–H groups in total. The van der Waals surface area contributed by atoms with Crippen molar-refractivity contribution in [2.75, 3.05) is 0 Å². The summed E-state index contributed by atoms with van der Waals surface area (Å²) in [6.45, 7) is 0. The van der Waals surface area contributed by atoms with Crippen molar-refractivity contribution in [1.29, 1.82) is 0 Å². The van der Waals surface area contributed by atoms with Crippen molar-refractivity contribution in [2.45, 2.75) is 0 Å². The fourth-order valence-corrected chi connectivity index (χ4v) is 9.06. The van der Waals surface area contributed by atoms with Gasteiger partial charge in [-0.1, -0.05) is 121 Å². The summed E-state index contributed by atoms with van der Waals surface area (Å²) in [7, 11) is 0. The van der Waals surface area contributed by atoms with E-state index >= 15 is 0 Å². The maximum Gasteiger partial charge on any atom is 0.238 e. The number of nitrogens with zero attached hydrogens (tertiary/aromatic N) is 5. The second kappa shape index (κ2) is 11.7. The van der Waals surface area contributed by atoms with Gasteiger partial charge in [0.1, 0.15) is 16.7 Å². The molecular weight excluding hydrogens is 715 g/mol. The molecule has 0 saturated heterocycles. The molecule has 0 bridgehead atoms. The van der Waals surface area contributed by atoms with Crippen molar-refractivity contribution in [1.82, 2.24) is 24.1 Å². The molecule has 8 aromatic carbocycles. The SMILES string of the molecule is c1ccc2c(c1)oc1c(-c3nc(-c4ccc5c(c4)oc4c(-n6c7ccccc7c7ccccc76)cccc45)nc(-n4c5ccccc5c5ccccc54)n3)cccc12. The lowest BCUT2D eigenvalue weighted by Crippen LogP contribution is -2.06. The van der Waals surface area contributed by atoms with Crippen LogP contribution in [0.25, 0.3) is 122 Å². The Labute approximate surface area is 329 Å². The molecule has 0 unspecified atom stereocenters. The highest BCUT2D eigenvalue weighted by molar-refractivity contribution is 6.14. The molecule has 7 heteroatoms. The smallest absolute Gasteiger partial charge is 0.238 e. The molecule has 58 heavy (non-hydrogen) atoms. The summed E-state index contributed by atoms with van der Waals surface area (Å²) < 4.78 is 17.8. The molecule has 7 nitrogen and oxygen atoms in total. The minimum absolute atomic E-state index is 0.517. The van der Waals surface area contributed by atoms with E-state index in [0.717, 1.165) is 93.5 Å². The molecule has 0 atom stereocenters. The number of hydrogen-bond acceptors (Lipinski definition) is 5. The van der Waals surface area contributed by atoms with Crippen LogP contribution in [0.3, 0.4) is 0 Å². The van der Waals surface area contributed by atoms with Crippen molar-refractivity contribution in [3.8, 4) is 34.4 Å². The molecule has 0 radical (unpaired) electrons. The van der Waals surface area contributed by atoms with Crippen LogP contribution in [-0.2, 0) is 0 Å². The molecular formula is C51H29N5O2. The van der Waals surface area contributed by atoms with Gasteiger partial charge >= 0.3 is 0 Å². The molecule has 0 aliphatic carbocycles. The standard InChI is InChI=1S/C51H29N5O2/c1-6-21-40-31(13-1)32-14-2-7-22-41(32)55(40)44-25-12-19-38-36-28-27-30(29-46(36)58-48(38)44)49-52-50(39-20-11-18-37-35-17-5-10-26-45(35)57-47(37)39)54-51(53-49)56-42-23-8-3-15-33(42)34-16-4-9-24-43(34)56/h1-29H. The van der Waals surface area contributed by atoms with Crippen molar-refractivity contribution in [3.05, 3.63) is 176 Å². The zero-order valence-electron chi connectivity index (χ0n) is 30.8. The van der Waals surface area contributed by atoms with Crippen molar-refractivity contribution in [2.24, 2.45) is 0 Å². The topological polar surface area (TPSA) is 74.8 Å². The van der Waals surface area contributed by atoms with Gasteiger partial charge in [0.05, 0.1) is 33.3 Å². The quantitative estimate of drug-likeness (QED) is 0.179. The largest absolute Gasteiger partial charge is 0.455 e. The highest BCUT2D eigenvalue weighted by Gasteiger charge is 2.22. The first-order valence-electron chi connectivity index (χ1n) is 19.4. The van der Waals surface area contributed by atoms with Gasteiger partial charge in [-0.25, -0.2) is 4.98 Å². The Morgan fingerprint density at radius 1 is 0.345 bits per heavy atom. The van der Waals surface area contributed by atoms with E-state index in [2.05, 4.69) is 155 Å². The fraction of sp³-hybridized carbons (Fsp3) is 0. The van der Waals surface area contributed by atoms with Crippen molar-refractivity contribution in [3.63, 3.8) is 0 Å². The summed E-state index contributed by atoms with van der Waals surface area (Å²) in [5, 5.41) is 8.79. The second-order valence-electron chi connectivity index (χ2n) is 14.8.